The van der Waals surface area contributed by atoms with Crippen LogP contribution in [0.3, 0.4) is 0 Å². The second-order valence-electron chi connectivity index (χ2n) is 5.08. The third-order valence-electron chi connectivity index (χ3n) is 2.84. The van der Waals surface area contributed by atoms with Gasteiger partial charge in [0.2, 0.25) is 0 Å². The summed E-state index contributed by atoms with van der Waals surface area (Å²) in [6.45, 7) is 3.89. The van der Waals surface area contributed by atoms with Crippen LogP contribution in [0, 0.1) is 5.92 Å². The number of hydrogen-bond acceptors (Lipinski definition) is 2. The first kappa shape index (κ1) is 14.8. The maximum atomic E-state index is 11.9. The summed E-state index contributed by atoms with van der Waals surface area (Å²) in [6.07, 6.45) is 6.92. The lowest BCUT2D eigenvalue weighted by Crippen LogP contribution is -2.46. The second kappa shape index (κ2) is 6.70. The molecule has 0 saturated carbocycles. The summed E-state index contributed by atoms with van der Waals surface area (Å²) in [4.78, 5) is 29.0. The Labute approximate surface area is 122 Å². The summed E-state index contributed by atoms with van der Waals surface area (Å²) in [5.41, 5.74) is 0.430. The highest BCUT2D eigenvalue weighted by molar-refractivity contribution is 5.56. The molecule has 4 nitrogen and oxygen atoms in total. The van der Waals surface area contributed by atoms with Crippen LogP contribution in [0.5, 0.6) is 0 Å². The van der Waals surface area contributed by atoms with E-state index in [4.69, 9.17) is 0 Å². The van der Waals surface area contributed by atoms with Gasteiger partial charge >= 0.3 is 0 Å². The van der Waals surface area contributed by atoms with Gasteiger partial charge < -0.3 is 9.97 Å². The van der Waals surface area contributed by atoms with E-state index in [0.29, 0.717) is 5.35 Å². The van der Waals surface area contributed by atoms with Crippen molar-refractivity contribution < 1.29 is 0 Å². The third-order valence-corrected chi connectivity index (χ3v) is 2.84. The highest BCUT2D eigenvalue weighted by Crippen LogP contribution is 2.00. The van der Waals surface area contributed by atoms with Gasteiger partial charge in [-0.05, 0) is 17.6 Å². The number of aromatic nitrogens is 2. The van der Waals surface area contributed by atoms with Crippen molar-refractivity contribution in [1.29, 1.82) is 0 Å². The van der Waals surface area contributed by atoms with E-state index in [-0.39, 0.29) is 22.4 Å². The van der Waals surface area contributed by atoms with Gasteiger partial charge in [-0.25, -0.2) is 0 Å². The van der Waals surface area contributed by atoms with Crippen LogP contribution in [-0.4, -0.2) is 9.97 Å². The van der Waals surface area contributed by atoms with E-state index in [1.165, 1.54) is 0 Å². The standard InChI is InChI=1S/C17H18N2O2/c1-12(2)11-15-17(21)18-14(16(20)19-15)10-6-9-13-7-4-3-5-8-13/h3-12H,1-2H3,(H,18,21)(H,19,20)/b9-6+,14-10-,15-11-. The number of aromatic amines is 2. The fourth-order valence-electron chi connectivity index (χ4n) is 1.88. The molecule has 21 heavy (non-hydrogen) atoms. The predicted molar refractivity (Wildman–Crippen MR) is 86.2 cm³/mol. The van der Waals surface area contributed by atoms with E-state index in [1.54, 1.807) is 18.2 Å². The summed E-state index contributed by atoms with van der Waals surface area (Å²) in [7, 11) is 0. The fraction of sp³-hybridized carbons (Fsp3) is 0.176. The minimum absolute atomic E-state index is 0.189. The van der Waals surface area contributed by atoms with E-state index in [2.05, 4.69) is 9.97 Å². The molecule has 0 bridgehead atoms. The van der Waals surface area contributed by atoms with E-state index >= 15 is 0 Å². The maximum absolute atomic E-state index is 11.9. The molecule has 0 unspecified atom stereocenters. The molecule has 0 aliphatic carbocycles. The highest BCUT2D eigenvalue weighted by atomic mass is 16.1. The monoisotopic (exact) mass is 282 g/mol. The molecule has 1 aromatic carbocycles. The zero-order chi connectivity index (χ0) is 15.2. The van der Waals surface area contributed by atoms with Crippen LogP contribution >= 0.6 is 0 Å². The van der Waals surface area contributed by atoms with Gasteiger partial charge in [0.1, 0.15) is 10.7 Å². The van der Waals surface area contributed by atoms with E-state index in [1.807, 2.05) is 50.3 Å². The van der Waals surface area contributed by atoms with Crippen LogP contribution in [0.2, 0.25) is 0 Å². The SMILES string of the molecule is CC(C)/C=c1\[nH]c(=O)/c(=C/C=C/c2ccccc2)[nH]c1=O. The van der Waals surface area contributed by atoms with Gasteiger partial charge in [-0.3, -0.25) is 9.59 Å². The predicted octanol–water partition coefficient (Wildman–Crippen LogP) is 0.994. The number of allylic oxidation sites excluding steroid dienone is 1. The largest absolute Gasteiger partial charge is 0.316 e. The maximum Gasteiger partial charge on any atom is 0.272 e. The summed E-state index contributed by atoms with van der Waals surface area (Å²) < 4.78 is 0. The molecule has 2 N–H and O–H groups in total. The van der Waals surface area contributed by atoms with Crippen molar-refractivity contribution >= 4 is 18.2 Å². The molecular formula is C17H18N2O2. The number of hydrogen-bond donors (Lipinski definition) is 2. The molecule has 0 aliphatic rings. The summed E-state index contributed by atoms with van der Waals surface area (Å²) in [5.74, 6) is 0.189. The topological polar surface area (TPSA) is 65.7 Å². The molecule has 108 valence electrons. The lowest BCUT2D eigenvalue weighted by molar-refractivity contribution is 0.866. The van der Waals surface area contributed by atoms with Crippen molar-refractivity contribution in [2.75, 3.05) is 0 Å². The van der Waals surface area contributed by atoms with E-state index in [9.17, 15) is 9.59 Å². The molecular weight excluding hydrogens is 264 g/mol. The average molecular weight is 282 g/mol. The lowest BCUT2D eigenvalue weighted by atomic mass is 10.2. The molecule has 0 spiro atoms. The van der Waals surface area contributed by atoms with Crippen molar-refractivity contribution in [3.05, 3.63) is 73.4 Å². The van der Waals surface area contributed by atoms with Crippen LogP contribution in [0.15, 0.2) is 46.0 Å². The van der Waals surface area contributed by atoms with E-state index < -0.39 is 0 Å². The zero-order valence-corrected chi connectivity index (χ0v) is 12.1. The Hall–Kier alpha value is -2.62. The smallest absolute Gasteiger partial charge is 0.272 e. The minimum Gasteiger partial charge on any atom is -0.316 e. The van der Waals surface area contributed by atoms with E-state index in [0.717, 1.165) is 5.56 Å². The number of nitrogens with one attached hydrogen (secondary N) is 2. The lowest BCUT2D eigenvalue weighted by Gasteiger charge is -1.93. The molecule has 0 radical (unpaired) electrons. The van der Waals surface area contributed by atoms with Gasteiger partial charge in [-0.1, -0.05) is 62.4 Å². The van der Waals surface area contributed by atoms with Gasteiger partial charge in [-0.15, -0.1) is 0 Å². The molecule has 0 saturated heterocycles. The number of benzene rings is 1. The summed E-state index contributed by atoms with van der Waals surface area (Å²) in [6, 6.07) is 9.72. The van der Waals surface area contributed by atoms with Gasteiger partial charge in [0.25, 0.3) is 11.1 Å². The molecule has 0 fully saturated rings. The van der Waals surface area contributed by atoms with Gasteiger partial charge in [-0.2, -0.15) is 0 Å². The molecule has 4 heteroatoms. The van der Waals surface area contributed by atoms with Crippen LogP contribution in [0.4, 0.5) is 0 Å². The average Bonchev–Trinajstić information content (AvgIpc) is 2.44. The van der Waals surface area contributed by atoms with Crippen molar-refractivity contribution in [3.8, 4) is 0 Å². The normalized spacial score (nSPS) is 13.5. The summed E-state index contributed by atoms with van der Waals surface area (Å²) >= 11 is 0. The minimum atomic E-state index is -0.306. The highest BCUT2D eigenvalue weighted by Gasteiger charge is 1.95. The Balaban J connectivity index is 2.40. The first-order valence-corrected chi connectivity index (χ1v) is 6.84. The Morgan fingerprint density at radius 2 is 1.57 bits per heavy atom. The molecule has 2 aromatic rings. The summed E-state index contributed by atoms with van der Waals surface area (Å²) in [5, 5.41) is 0.548. The quantitative estimate of drug-likeness (QED) is 0.882. The van der Waals surface area contributed by atoms with Crippen molar-refractivity contribution in [3.63, 3.8) is 0 Å². The molecule has 0 aliphatic heterocycles. The first-order valence-electron chi connectivity index (χ1n) is 6.84. The molecule has 1 heterocycles. The Kier molecular flexibility index (Phi) is 4.72. The Morgan fingerprint density at radius 1 is 0.952 bits per heavy atom. The Bertz CT molecular complexity index is 856. The van der Waals surface area contributed by atoms with Gasteiger partial charge in [0.05, 0.1) is 0 Å². The van der Waals surface area contributed by atoms with Crippen molar-refractivity contribution in [1.82, 2.24) is 9.97 Å². The van der Waals surface area contributed by atoms with Crippen LogP contribution in [-0.2, 0) is 0 Å². The van der Waals surface area contributed by atoms with Crippen molar-refractivity contribution in [2.24, 2.45) is 5.92 Å². The Morgan fingerprint density at radius 3 is 2.24 bits per heavy atom. The number of H-pyrrole nitrogens is 2. The fourth-order valence-corrected chi connectivity index (χ4v) is 1.88. The molecule has 1 aromatic heterocycles. The number of rotatable bonds is 3. The van der Waals surface area contributed by atoms with Crippen LogP contribution < -0.4 is 21.8 Å². The van der Waals surface area contributed by atoms with Gasteiger partial charge in [0, 0.05) is 0 Å². The molecule has 0 atom stereocenters. The zero-order valence-electron chi connectivity index (χ0n) is 12.1. The molecule has 2 rings (SSSR count). The second-order valence-corrected chi connectivity index (χ2v) is 5.08. The molecule has 0 amide bonds. The van der Waals surface area contributed by atoms with Crippen LogP contribution in [0.1, 0.15) is 19.4 Å². The van der Waals surface area contributed by atoms with Crippen molar-refractivity contribution in [2.45, 2.75) is 13.8 Å². The van der Waals surface area contributed by atoms with Crippen LogP contribution in [0.25, 0.3) is 18.2 Å². The van der Waals surface area contributed by atoms with Gasteiger partial charge in [0.15, 0.2) is 0 Å². The third kappa shape index (κ3) is 4.18. The first-order chi connectivity index (χ1) is 10.1.